The summed E-state index contributed by atoms with van der Waals surface area (Å²) >= 11 is 6.03. The Balaban J connectivity index is 2.29. The van der Waals surface area contributed by atoms with Gasteiger partial charge >= 0.3 is 0 Å². The molecule has 3 rings (SSSR count). The number of para-hydroxylation sites is 1. The average Bonchev–Trinajstić information content (AvgIpc) is 2.83. The molecule has 2 heterocycles. The number of rotatable bonds is 2. The number of hydrogen-bond acceptors (Lipinski definition) is 2. The Morgan fingerprint density at radius 1 is 1.28 bits per heavy atom. The van der Waals surface area contributed by atoms with Gasteiger partial charge in [-0.3, -0.25) is 4.57 Å². The lowest BCUT2D eigenvalue weighted by atomic mass is 10.1. The molecule has 3 aromatic rings. The topological polar surface area (TPSA) is 30.7 Å². The molecule has 3 nitrogen and oxygen atoms in total. The minimum Gasteiger partial charge on any atom is -0.288 e. The molecule has 0 radical (unpaired) electrons. The molecule has 0 aliphatic carbocycles. The Labute approximate surface area is 110 Å². The van der Waals surface area contributed by atoms with Gasteiger partial charge in [0.05, 0.1) is 5.52 Å². The molecule has 0 N–H and O–H groups in total. The fraction of sp³-hybridized carbons (Fsp3) is 0.143. The summed E-state index contributed by atoms with van der Waals surface area (Å²) in [5.74, 6) is 2.25. The average molecular weight is 258 g/mol. The first-order valence-corrected chi connectivity index (χ1v) is 6.28. The minimum atomic E-state index is 0.476. The molecule has 4 heteroatoms. The first-order chi connectivity index (χ1) is 8.79. The van der Waals surface area contributed by atoms with Crippen LogP contribution in [0.1, 0.15) is 11.4 Å². The molecule has 1 aromatic carbocycles. The zero-order valence-corrected chi connectivity index (χ0v) is 10.7. The normalized spacial score (nSPS) is 11.0. The van der Waals surface area contributed by atoms with Gasteiger partial charge in [-0.2, -0.15) is 0 Å². The number of fused-ring (bicyclic) bond motifs is 1. The number of pyridine rings is 1. The van der Waals surface area contributed by atoms with Crippen LogP contribution >= 0.6 is 11.6 Å². The minimum absolute atomic E-state index is 0.476. The van der Waals surface area contributed by atoms with Gasteiger partial charge in [0, 0.05) is 23.7 Å². The molecule has 0 spiro atoms. The van der Waals surface area contributed by atoms with Crippen molar-refractivity contribution in [2.24, 2.45) is 0 Å². The quantitative estimate of drug-likeness (QED) is 0.658. The molecule has 0 saturated carbocycles. The van der Waals surface area contributed by atoms with E-state index in [4.69, 9.17) is 11.6 Å². The molecule has 0 bridgehead atoms. The zero-order valence-electron chi connectivity index (χ0n) is 9.97. The van der Waals surface area contributed by atoms with Crippen molar-refractivity contribution in [1.29, 1.82) is 0 Å². The van der Waals surface area contributed by atoms with Crippen LogP contribution in [-0.2, 0) is 5.88 Å². The molecular weight excluding hydrogens is 246 g/mol. The number of hydrogen-bond donors (Lipinski definition) is 0. The molecule has 2 aromatic heterocycles. The van der Waals surface area contributed by atoms with E-state index in [1.807, 2.05) is 48.0 Å². The van der Waals surface area contributed by atoms with E-state index in [1.165, 1.54) is 0 Å². The summed E-state index contributed by atoms with van der Waals surface area (Å²) in [6, 6.07) is 10.1. The van der Waals surface area contributed by atoms with Crippen LogP contribution in [-0.4, -0.2) is 14.5 Å². The second-order valence-electron chi connectivity index (χ2n) is 4.13. The van der Waals surface area contributed by atoms with Crippen molar-refractivity contribution < 1.29 is 0 Å². The maximum Gasteiger partial charge on any atom is 0.139 e. The molecule has 0 atom stereocenters. The first-order valence-electron chi connectivity index (χ1n) is 5.74. The summed E-state index contributed by atoms with van der Waals surface area (Å²) in [5, 5.41) is 1.11. The van der Waals surface area contributed by atoms with Crippen molar-refractivity contribution >= 4 is 22.5 Å². The molecule has 90 valence electrons. The molecule has 0 aliphatic heterocycles. The monoisotopic (exact) mass is 257 g/mol. The third-order valence-electron chi connectivity index (χ3n) is 3.00. The van der Waals surface area contributed by atoms with Gasteiger partial charge in [0.1, 0.15) is 11.6 Å². The smallest absolute Gasteiger partial charge is 0.139 e. The lowest BCUT2D eigenvalue weighted by Crippen LogP contribution is -2.00. The second-order valence-corrected chi connectivity index (χ2v) is 4.40. The standard InChI is InChI=1S/C14H12ClN3/c1-10-16-6-7-18(10)14-8-11(9-15)12-4-2-3-5-13(12)17-14/h2-8H,9H2,1H3. The highest BCUT2D eigenvalue weighted by molar-refractivity contribution is 6.18. The highest BCUT2D eigenvalue weighted by Gasteiger charge is 2.07. The van der Waals surface area contributed by atoms with E-state index in [2.05, 4.69) is 9.97 Å². The first kappa shape index (κ1) is 11.2. The van der Waals surface area contributed by atoms with Crippen molar-refractivity contribution in [2.75, 3.05) is 0 Å². The fourth-order valence-electron chi connectivity index (χ4n) is 2.09. The van der Waals surface area contributed by atoms with Gasteiger partial charge < -0.3 is 0 Å². The van der Waals surface area contributed by atoms with E-state index >= 15 is 0 Å². The summed E-state index contributed by atoms with van der Waals surface area (Å²) < 4.78 is 1.96. The highest BCUT2D eigenvalue weighted by Crippen LogP contribution is 2.22. The van der Waals surface area contributed by atoms with Crippen LogP contribution in [0.15, 0.2) is 42.7 Å². The largest absolute Gasteiger partial charge is 0.288 e. The summed E-state index contributed by atoms with van der Waals surface area (Å²) in [6.45, 7) is 1.96. The van der Waals surface area contributed by atoms with E-state index < -0.39 is 0 Å². The van der Waals surface area contributed by atoms with Gasteiger partial charge in [0.2, 0.25) is 0 Å². The van der Waals surface area contributed by atoms with E-state index in [0.29, 0.717) is 5.88 Å². The van der Waals surface area contributed by atoms with Crippen LogP contribution in [0.3, 0.4) is 0 Å². The lowest BCUT2D eigenvalue weighted by molar-refractivity contribution is 0.938. The fourth-order valence-corrected chi connectivity index (χ4v) is 2.31. The Hall–Kier alpha value is -1.87. The van der Waals surface area contributed by atoms with Crippen LogP contribution in [0.25, 0.3) is 16.7 Å². The van der Waals surface area contributed by atoms with Crippen molar-refractivity contribution in [2.45, 2.75) is 12.8 Å². The molecule has 0 saturated heterocycles. The van der Waals surface area contributed by atoms with E-state index in [9.17, 15) is 0 Å². The molecular formula is C14H12ClN3. The van der Waals surface area contributed by atoms with Gasteiger partial charge in [-0.25, -0.2) is 9.97 Å². The number of aryl methyl sites for hydroxylation is 1. The predicted octanol–water partition coefficient (Wildman–Crippen LogP) is 3.47. The maximum absolute atomic E-state index is 6.03. The van der Waals surface area contributed by atoms with Crippen molar-refractivity contribution in [3.8, 4) is 5.82 Å². The molecule has 0 fully saturated rings. The second kappa shape index (κ2) is 4.42. The number of aromatic nitrogens is 3. The molecule has 18 heavy (non-hydrogen) atoms. The van der Waals surface area contributed by atoms with Gasteiger partial charge in [-0.1, -0.05) is 18.2 Å². The van der Waals surface area contributed by atoms with Crippen LogP contribution in [0.2, 0.25) is 0 Å². The summed E-state index contributed by atoms with van der Waals surface area (Å²) in [5.41, 5.74) is 2.05. The van der Waals surface area contributed by atoms with E-state index in [-0.39, 0.29) is 0 Å². The number of nitrogens with zero attached hydrogens (tertiary/aromatic N) is 3. The summed E-state index contributed by atoms with van der Waals surface area (Å²) in [7, 11) is 0. The Morgan fingerprint density at radius 2 is 2.11 bits per heavy atom. The van der Waals surface area contributed by atoms with Crippen LogP contribution in [0.5, 0.6) is 0 Å². The summed E-state index contributed by atoms with van der Waals surface area (Å²) in [4.78, 5) is 8.87. The van der Waals surface area contributed by atoms with E-state index in [1.54, 1.807) is 6.20 Å². The van der Waals surface area contributed by atoms with Crippen molar-refractivity contribution in [1.82, 2.24) is 14.5 Å². The Kier molecular flexibility index (Phi) is 2.76. The van der Waals surface area contributed by atoms with Gasteiger partial charge in [-0.05, 0) is 24.6 Å². The van der Waals surface area contributed by atoms with Crippen LogP contribution in [0.4, 0.5) is 0 Å². The molecule has 0 unspecified atom stereocenters. The number of benzene rings is 1. The number of alkyl halides is 1. The Morgan fingerprint density at radius 3 is 2.83 bits per heavy atom. The van der Waals surface area contributed by atoms with Crippen molar-refractivity contribution in [3.05, 3.63) is 54.1 Å². The van der Waals surface area contributed by atoms with Crippen LogP contribution in [0, 0.1) is 6.92 Å². The van der Waals surface area contributed by atoms with Crippen LogP contribution < -0.4 is 0 Å². The zero-order chi connectivity index (χ0) is 12.5. The third-order valence-corrected chi connectivity index (χ3v) is 3.29. The van der Waals surface area contributed by atoms with Gasteiger partial charge in [0.25, 0.3) is 0 Å². The predicted molar refractivity (Wildman–Crippen MR) is 73.2 cm³/mol. The van der Waals surface area contributed by atoms with Gasteiger partial charge in [-0.15, -0.1) is 11.6 Å². The lowest BCUT2D eigenvalue weighted by Gasteiger charge is -2.09. The third kappa shape index (κ3) is 1.77. The van der Waals surface area contributed by atoms with Gasteiger partial charge in [0.15, 0.2) is 0 Å². The van der Waals surface area contributed by atoms with E-state index in [0.717, 1.165) is 28.1 Å². The molecule has 0 aliphatic rings. The Bertz CT molecular complexity index is 703. The number of imidazole rings is 1. The summed E-state index contributed by atoms with van der Waals surface area (Å²) in [6.07, 6.45) is 3.68. The maximum atomic E-state index is 6.03. The number of halogens is 1. The molecule has 0 amide bonds. The SMILES string of the molecule is Cc1nccn1-c1cc(CCl)c2ccccc2n1. The van der Waals surface area contributed by atoms with Crippen molar-refractivity contribution in [3.63, 3.8) is 0 Å². The highest BCUT2D eigenvalue weighted by atomic mass is 35.5.